The summed E-state index contributed by atoms with van der Waals surface area (Å²) in [5.74, 6) is 0. The van der Waals surface area contributed by atoms with Crippen LogP contribution in [0.4, 0.5) is 5.69 Å². The van der Waals surface area contributed by atoms with Gasteiger partial charge in [0, 0.05) is 16.5 Å². The van der Waals surface area contributed by atoms with Gasteiger partial charge in [0.1, 0.15) is 0 Å². The monoisotopic (exact) mass is 210 g/mol. The Balaban J connectivity index is 2.64. The van der Waals surface area contributed by atoms with E-state index in [0.717, 1.165) is 16.3 Å². The number of hydrogen-bond donors (Lipinski definition) is 2. The van der Waals surface area contributed by atoms with E-state index in [0.29, 0.717) is 11.1 Å². The molecule has 1 heterocycles. The number of anilines is 1. The Kier molecular flexibility index (Phi) is 1.74. The van der Waals surface area contributed by atoms with Gasteiger partial charge in [-0.15, -0.1) is 0 Å². The average Bonchev–Trinajstić information content (AvgIpc) is 2.29. The number of nitrogens with two attached hydrogens (primary N) is 1. The molecule has 3 aromatic rings. The third-order valence-corrected chi connectivity index (χ3v) is 2.75. The van der Waals surface area contributed by atoms with E-state index >= 15 is 0 Å². The van der Waals surface area contributed by atoms with Crippen molar-refractivity contribution in [1.82, 2.24) is 4.98 Å². The van der Waals surface area contributed by atoms with Gasteiger partial charge in [-0.2, -0.15) is 0 Å². The van der Waals surface area contributed by atoms with Crippen LogP contribution in [-0.2, 0) is 0 Å². The Morgan fingerprint density at radius 1 is 0.938 bits per heavy atom. The first-order chi connectivity index (χ1) is 7.75. The zero-order chi connectivity index (χ0) is 11.1. The van der Waals surface area contributed by atoms with Crippen LogP contribution in [0, 0.1) is 0 Å². The zero-order valence-electron chi connectivity index (χ0n) is 8.53. The molecule has 1 aromatic heterocycles. The second kappa shape index (κ2) is 3.10. The SMILES string of the molecule is Nc1ccc2c(c1)[nH]c(=O)c1ccccc12. The molecular weight excluding hydrogens is 200 g/mol. The highest BCUT2D eigenvalue weighted by molar-refractivity contribution is 6.05. The molecule has 78 valence electrons. The van der Waals surface area contributed by atoms with Crippen LogP contribution in [0.1, 0.15) is 0 Å². The van der Waals surface area contributed by atoms with Crippen molar-refractivity contribution in [1.29, 1.82) is 0 Å². The van der Waals surface area contributed by atoms with Crippen LogP contribution in [0.2, 0.25) is 0 Å². The van der Waals surface area contributed by atoms with E-state index in [9.17, 15) is 4.79 Å². The van der Waals surface area contributed by atoms with Crippen LogP contribution >= 0.6 is 0 Å². The maximum atomic E-state index is 11.8. The molecule has 3 N–H and O–H groups in total. The van der Waals surface area contributed by atoms with Crippen LogP contribution in [0.25, 0.3) is 21.7 Å². The molecule has 0 radical (unpaired) electrons. The lowest BCUT2D eigenvalue weighted by Gasteiger charge is -2.03. The highest BCUT2D eigenvalue weighted by Gasteiger charge is 2.03. The first-order valence-corrected chi connectivity index (χ1v) is 5.06. The molecule has 0 fully saturated rings. The van der Waals surface area contributed by atoms with Crippen LogP contribution in [0.5, 0.6) is 0 Å². The number of hydrogen-bond acceptors (Lipinski definition) is 2. The molecule has 0 spiro atoms. The van der Waals surface area contributed by atoms with E-state index in [2.05, 4.69) is 4.98 Å². The second-order valence-electron chi connectivity index (χ2n) is 3.80. The van der Waals surface area contributed by atoms with E-state index in [-0.39, 0.29) is 5.56 Å². The number of nitrogen functional groups attached to an aromatic ring is 1. The summed E-state index contributed by atoms with van der Waals surface area (Å²) < 4.78 is 0. The molecule has 2 aromatic carbocycles. The first-order valence-electron chi connectivity index (χ1n) is 5.06. The van der Waals surface area contributed by atoms with Gasteiger partial charge in [0.05, 0.1) is 5.52 Å². The van der Waals surface area contributed by atoms with Gasteiger partial charge in [0.15, 0.2) is 0 Å². The normalized spacial score (nSPS) is 11.0. The molecule has 0 aliphatic rings. The number of nitrogens with one attached hydrogen (secondary N) is 1. The summed E-state index contributed by atoms with van der Waals surface area (Å²) >= 11 is 0. The fourth-order valence-corrected chi connectivity index (χ4v) is 2.01. The number of rotatable bonds is 0. The highest BCUT2D eigenvalue weighted by atomic mass is 16.1. The number of H-pyrrole nitrogens is 1. The molecule has 0 amide bonds. The van der Waals surface area contributed by atoms with Gasteiger partial charge in [-0.05, 0) is 23.6 Å². The number of aromatic amines is 1. The summed E-state index contributed by atoms with van der Waals surface area (Å²) in [6, 6.07) is 13.1. The second-order valence-corrected chi connectivity index (χ2v) is 3.80. The molecule has 3 nitrogen and oxygen atoms in total. The van der Waals surface area contributed by atoms with Crippen molar-refractivity contribution < 1.29 is 0 Å². The van der Waals surface area contributed by atoms with E-state index in [1.807, 2.05) is 36.4 Å². The van der Waals surface area contributed by atoms with Gasteiger partial charge in [-0.1, -0.05) is 24.3 Å². The van der Waals surface area contributed by atoms with E-state index in [4.69, 9.17) is 5.73 Å². The van der Waals surface area contributed by atoms with Crippen molar-refractivity contribution in [3.63, 3.8) is 0 Å². The lowest BCUT2D eigenvalue weighted by molar-refractivity contribution is 1.34. The fraction of sp³-hybridized carbons (Fsp3) is 0. The Labute approximate surface area is 91.5 Å². The fourth-order valence-electron chi connectivity index (χ4n) is 2.01. The van der Waals surface area contributed by atoms with Gasteiger partial charge >= 0.3 is 0 Å². The predicted octanol–water partition coefficient (Wildman–Crippen LogP) is 2.26. The van der Waals surface area contributed by atoms with Crippen molar-refractivity contribution in [2.75, 3.05) is 5.73 Å². The van der Waals surface area contributed by atoms with Crippen molar-refractivity contribution in [3.8, 4) is 0 Å². The standard InChI is InChI=1S/C13H10N2O/c14-8-5-6-10-9-3-1-2-4-11(9)13(16)15-12(10)7-8/h1-7H,14H2,(H,15,16). The summed E-state index contributed by atoms with van der Waals surface area (Å²) in [6.45, 7) is 0. The largest absolute Gasteiger partial charge is 0.399 e. The van der Waals surface area contributed by atoms with Gasteiger partial charge in [0.2, 0.25) is 0 Å². The Bertz CT molecular complexity index is 744. The first kappa shape index (κ1) is 8.97. The molecule has 0 atom stereocenters. The molecule has 0 aliphatic carbocycles. The van der Waals surface area contributed by atoms with Crippen molar-refractivity contribution in [3.05, 3.63) is 52.8 Å². The maximum Gasteiger partial charge on any atom is 0.256 e. The van der Waals surface area contributed by atoms with Gasteiger partial charge in [-0.25, -0.2) is 0 Å². The summed E-state index contributed by atoms with van der Waals surface area (Å²) in [4.78, 5) is 14.6. The summed E-state index contributed by atoms with van der Waals surface area (Å²) in [5, 5.41) is 2.69. The Hall–Kier alpha value is -2.29. The Morgan fingerprint density at radius 2 is 1.69 bits per heavy atom. The number of benzene rings is 2. The van der Waals surface area contributed by atoms with Crippen LogP contribution in [0.15, 0.2) is 47.3 Å². The van der Waals surface area contributed by atoms with E-state index < -0.39 is 0 Å². The summed E-state index contributed by atoms with van der Waals surface area (Å²) in [5.41, 5.74) is 7.05. The third kappa shape index (κ3) is 1.18. The molecule has 3 heteroatoms. The lowest BCUT2D eigenvalue weighted by atomic mass is 10.1. The average molecular weight is 210 g/mol. The van der Waals surface area contributed by atoms with Crippen molar-refractivity contribution in [2.45, 2.75) is 0 Å². The summed E-state index contributed by atoms with van der Waals surface area (Å²) in [6.07, 6.45) is 0. The quantitative estimate of drug-likeness (QED) is 0.441. The molecule has 3 rings (SSSR count). The predicted molar refractivity (Wildman–Crippen MR) is 66.5 cm³/mol. The van der Waals surface area contributed by atoms with Gasteiger partial charge in [-0.3, -0.25) is 4.79 Å². The van der Waals surface area contributed by atoms with Crippen molar-refractivity contribution in [2.24, 2.45) is 0 Å². The van der Waals surface area contributed by atoms with Crippen molar-refractivity contribution >= 4 is 27.4 Å². The molecule has 0 saturated heterocycles. The van der Waals surface area contributed by atoms with Gasteiger partial charge < -0.3 is 10.7 Å². The molecule has 0 aliphatic heterocycles. The van der Waals surface area contributed by atoms with Gasteiger partial charge in [0.25, 0.3) is 5.56 Å². The zero-order valence-corrected chi connectivity index (χ0v) is 8.53. The molecule has 0 unspecified atom stereocenters. The maximum absolute atomic E-state index is 11.8. The Morgan fingerprint density at radius 3 is 2.50 bits per heavy atom. The highest BCUT2D eigenvalue weighted by Crippen LogP contribution is 2.22. The smallest absolute Gasteiger partial charge is 0.256 e. The lowest BCUT2D eigenvalue weighted by Crippen LogP contribution is -2.06. The molecular formula is C13H10N2O. The number of aromatic nitrogens is 1. The molecule has 0 saturated carbocycles. The van der Waals surface area contributed by atoms with Crippen LogP contribution < -0.4 is 11.3 Å². The van der Waals surface area contributed by atoms with Crippen LogP contribution in [0.3, 0.4) is 0 Å². The summed E-state index contributed by atoms with van der Waals surface area (Å²) in [7, 11) is 0. The van der Waals surface area contributed by atoms with E-state index in [1.54, 1.807) is 6.07 Å². The molecule has 16 heavy (non-hydrogen) atoms. The topological polar surface area (TPSA) is 58.9 Å². The third-order valence-electron chi connectivity index (χ3n) is 2.75. The minimum atomic E-state index is -0.0753. The van der Waals surface area contributed by atoms with Crippen LogP contribution in [-0.4, -0.2) is 4.98 Å². The molecule has 0 bridgehead atoms. The number of fused-ring (bicyclic) bond motifs is 3. The minimum Gasteiger partial charge on any atom is -0.399 e. The number of pyridine rings is 1. The minimum absolute atomic E-state index is 0.0753. The van der Waals surface area contributed by atoms with E-state index in [1.165, 1.54) is 0 Å².